The standard InChI is InChI=1S/C11H17NS/c12-8-9-4-1-2-5-10(9)11-6-3-7-13-11/h3,6-7,9-10H,1-2,4-5,8,12H2. The van der Waals surface area contributed by atoms with Crippen molar-refractivity contribution in [3.05, 3.63) is 22.4 Å². The highest BCUT2D eigenvalue weighted by molar-refractivity contribution is 7.10. The molecule has 2 N–H and O–H groups in total. The van der Waals surface area contributed by atoms with Gasteiger partial charge in [-0.05, 0) is 42.7 Å². The van der Waals surface area contributed by atoms with E-state index in [1.807, 2.05) is 11.3 Å². The second-order valence-corrected chi connectivity index (χ2v) is 4.88. The molecule has 2 rings (SSSR count). The molecule has 2 atom stereocenters. The number of hydrogen-bond acceptors (Lipinski definition) is 2. The normalized spacial score (nSPS) is 29.0. The third-order valence-electron chi connectivity index (χ3n) is 3.12. The Morgan fingerprint density at radius 3 is 2.92 bits per heavy atom. The summed E-state index contributed by atoms with van der Waals surface area (Å²) in [4.78, 5) is 1.55. The Morgan fingerprint density at radius 2 is 2.23 bits per heavy atom. The maximum absolute atomic E-state index is 5.80. The summed E-state index contributed by atoms with van der Waals surface area (Å²) in [5, 5.41) is 2.18. The molecule has 13 heavy (non-hydrogen) atoms. The lowest BCUT2D eigenvalue weighted by Gasteiger charge is -2.29. The Hall–Kier alpha value is -0.340. The van der Waals surface area contributed by atoms with Gasteiger partial charge in [-0.15, -0.1) is 11.3 Å². The summed E-state index contributed by atoms with van der Waals surface area (Å²) in [6.45, 7) is 0.864. The van der Waals surface area contributed by atoms with Crippen LogP contribution in [-0.2, 0) is 0 Å². The van der Waals surface area contributed by atoms with Crippen molar-refractivity contribution in [2.75, 3.05) is 6.54 Å². The van der Waals surface area contributed by atoms with Crippen molar-refractivity contribution in [2.45, 2.75) is 31.6 Å². The van der Waals surface area contributed by atoms with Crippen molar-refractivity contribution in [3.8, 4) is 0 Å². The zero-order chi connectivity index (χ0) is 9.10. The van der Waals surface area contributed by atoms with Crippen molar-refractivity contribution in [2.24, 2.45) is 11.7 Å². The number of hydrogen-bond donors (Lipinski definition) is 1. The highest BCUT2D eigenvalue weighted by Crippen LogP contribution is 2.38. The van der Waals surface area contributed by atoms with E-state index in [4.69, 9.17) is 5.73 Å². The van der Waals surface area contributed by atoms with Crippen molar-refractivity contribution in [1.82, 2.24) is 0 Å². The first-order valence-corrected chi connectivity index (χ1v) is 6.03. The predicted octanol–water partition coefficient (Wildman–Crippen LogP) is 2.98. The van der Waals surface area contributed by atoms with Gasteiger partial charge in [-0.2, -0.15) is 0 Å². The van der Waals surface area contributed by atoms with Crippen LogP contribution in [0.1, 0.15) is 36.5 Å². The molecule has 1 aliphatic carbocycles. The number of nitrogens with two attached hydrogens (primary N) is 1. The molecule has 0 saturated heterocycles. The van der Waals surface area contributed by atoms with Crippen LogP contribution in [0.4, 0.5) is 0 Å². The smallest absolute Gasteiger partial charge is 0.00794 e. The molecular weight excluding hydrogens is 178 g/mol. The van der Waals surface area contributed by atoms with Crippen molar-refractivity contribution in [3.63, 3.8) is 0 Å². The highest BCUT2D eigenvalue weighted by Gasteiger charge is 2.25. The molecule has 1 aromatic heterocycles. The molecule has 1 aromatic rings. The molecule has 0 aromatic carbocycles. The van der Waals surface area contributed by atoms with Crippen LogP contribution in [0, 0.1) is 5.92 Å². The lowest BCUT2D eigenvalue weighted by Crippen LogP contribution is -2.24. The van der Waals surface area contributed by atoms with Gasteiger partial charge in [-0.1, -0.05) is 18.9 Å². The average molecular weight is 195 g/mol. The van der Waals surface area contributed by atoms with Crippen molar-refractivity contribution >= 4 is 11.3 Å². The maximum atomic E-state index is 5.80. The molecule has 1 heterocycles. The van der Waals surface area contributed by atoms with Gasteiger partial charge in [0, 0.05) is 4.88 Å². The first kappa shape index (κ1) is 9.22. The Bertz CT molecular complexity index is 243. The topological polar surface area (TPSA) is 26.0 Å². The molecule has 1 aliphatic rings. The van der Waals surface area contributed by atoms with Crippen LogP contribution < -0.4 is 5.73 Å². The third-order valence-corrected chi connectivity index (χ3v) is 4.12. The molecule has 0 spiro atoms. The maximum Gasteiger partial charge on any atom is 0.00794 e. The first-order chi connectivity index (χ1) is 6.42. The van der Waals surface area contributed by atoms with Crippen LogP contribution in [0.25, 0.3) is 0 Å². The number of rotatable bonds is 2. The van der Waals surface area contributed by atoms with E-state index in [9.17, 15) is 0 Å². The minimum Gasteiger partial charge on any atom is -0.330 e. The van der Waals surface area contributed by atoms with Gasteiger partial charge in [-0.25, -0.2) is 0 Å². The van der Waals surface area contributed by atoms with Crippen LogP contribution in [0.15, 0.2) is 17.5 Å². The minimum absolute atomic E-state index is 0.743. The average Bonchev–Trinajstić information content (AvgIpc) is 2.70. The molecule has 0 radical (unpaired) electrons. The first-order valence-electron chi connectivity index (χ1n) is 5.15. The Labute approximate surface area is 84.0 Å². The molecule has 1 nitrogen and oxygen atoms in total. The van der Waals surface area contributed by atoms with Crippen LogP contribution in [0.3, 0.4) is 0 Å². The van der Waals surface area contributed by atoms with E-state index < -0.39 is 0 Å². The Morgan fingerprint density at radius 1 is 1.38 bits per heavy atom. The molecular formula is C11H17NS. The van der Waals surface area contributed by atoms with E-state index in [0.29, 0.717) is 0 Å². The Balaban J connectivity index is 2.11. The summed E-state index contributed by atoms with van der Waals surface area (Å²) in [7, 11) is 0. The van der Waals surface area contributed by atoms with E-state index in [-0.39, 0.29) is 0 Å². The van der Waals surface area contributed by atoms with Crippen LogP contribution in [0.2, 0.25) is 0 Å². The zero-order valence-corrected chi connectivity index (χ0v) is 8.72. The molecule has 2 unspecified atom stereocenters. The fraction of sp³-hybridized carbons (Fsp3) is 0.636. The van der Waals surface area contributed by atoms with Crippen LogP contribution in [0.5, 0.6) is 0 Å². The molecule has 0 amide bonds. The largest absolute Gasteiger partial charge is 0.330 e. The van der Waals surface area contributed by atoms with Gasteiger partial charge in [0.2, 0.25) is 0 Å². The van der Waals surface area contributed by atoms with Gasteiger partial charge in [0.05, 0.1) is 0 Å². The molecule has 0 aliphatic heterocycles. The summed E-state index contributed by atoms with van der Waals surface area (Å²) in [6, 6.07) is 4.42. The van der Waals surface area contributed by atoms with Gasteiger partial charge in [0.15, 0.2) is 0 Å². The van der Waals surface area contributed by atoms with Crippen LogP contribution >= 0.6 is 11.3 Å². The fourth-order valence-electron chi connectivity index (χ4n) is 2.37. The minimum atomic E-state index is 0.743. The van der Waals surface area contributed by atoms with E-state index in [1.54, 1.807) is 4.88 Å². The molecule has 1 saturated carbocycles. The number of thiophene rings is 1. The highest BCUT2D eigenvalue weighted by atomic mass is 32.1. The zero-order valence-electron chi connectivity index (χ0n) is 7.91. The second-order valence-electron chi connectivity index (χ2n) is 3.90. The van der Waals surface area contributed by atoms with E-state index >= 15 is 0 Å². The quantitative estimate of drug-likeness (QED) is 0.771. The fourth-order valence-corrected chi connectivity index (χ4v) is 3.32. The summed E-state index contributed by atoms with van der Waals surface area (Å²) < 4.78 is 0. The van der Waals surface area contributed by atoms with Gasteiger partial charge >= 0.3 is 0 Å². The molecule has 2 heteroatoms. The summed E-state index contributed by atoms with van der Waals surface area (Å²) in [5.74, 6) is 1.51. The second kappa shape index (κ2) is 4.25. The van der Waals surface area contributed by atoms with Crippen molar-refractivity contribution < 1.29 is 0 Å². The summed E-state index contributed by atoms with van der Waals surface area (Å²) >= 11 is 1.89. The van der Waals surface area contributed by atoms with Gasteiger partial charge in [0.1, 0.15) is 0 Å². The van der Waals surface area contributed by atoms with E-state index in [0.717, 1.165) is 18.4 Å². The van der Waals surface area contributed by atoms with E-state index in [2.05, 4.69) is 17.5 Å². The molecule has 0 bridgehead atoms. The monoisotopic (exact) mass is 195 g/mol. The van der Waals surface area contributed by atoms with Gasteiger partial charge in [-0.3, -0.25) is 0 Å². The van der Waals surface area contributed by atoms with E-state index in [1.165, 1.54) is 25.7 Å². The summed E-state index contributed by atoms with van der Waals surface area (Å²) in [6.07, 6.45) is 5.45. The lowest BCUT2D eigenvalue weighted by atomic mass is 9.78. The third kappa shape index (κ3) is 1.94. The van der Waals surface area contributed by atoms with Gasteiger partial charge in [0.25, 0.3) is 0 Å². The summed E-state index contributed by atoms with van der Waals surface area (Å²) in [5.41, 5.74) is 5.80. The van der Waals surface area contributed by atoms with Gasteiger partial charge < -0.3 is 5.73 Å². The van der Waals surface area contributed by atoms with Crippen molar-refractivity contribution in [1.29, 1.82) is 0 Å². The predicted molar refractivity (Wildman–Crippen MR) is 58.1 cm³/mol. The Kier molecular flexibility index (Phi) is 3.01. The molecule has 72 valence electrons. The molecule has 1 fully saturated rings. The lowest BCUT2D eigenvalue weighted by molar-refractivity contribution is 0.318. The SMILES string of the molecule is NCC1CCCCC1c1cccs1. The van der Waals surface area contributed by atoms with Crippen LogP contribution in [-0.4, -0.2) is 6.54 Å².